The van der Waals surface area contributed by atoms with Gasteiger partial charge in [-0.15, -0.1) is 0 Å². The summed E-state index contributed by atoms with van der Waals surface area (Å²) in [6, 6.07) is 3.68. The monoisotopic (exact) mass is 241 g/mol. The van der Waals surface area contributed by atoms with E-state index >= 15 is 0 Å². The molecule has 2 aromatic rings. The number of rotatable bonds is 5. The van der Waals surface area contributed by atoms with Crippen molar-refractivity contribution in [3.63, 3.8) is 0 Å². The van der Waals surface area contributed by atoms with E-state index in [-0.39, 0.29) is 6.67 Å². The normalized spacial score (nSPS) is 11.1. The number of pyridine rings is 1. The summed E-state index contributed by atoms with van der Waals surface area (Å²) in [4.78, 5) is 4.40. The van der Waals surface area contributed by atoms with Crippen molar-refractivity contribution in [2.75, 3.05) is 13.2 Å². The Morgan fingerprint density at radius 3 is 3.06 bits per heavy atom. The summed E-state index contributed by atoms with van der Waals surface area (Å²) in [6.45, 7) is 1.04. The molecule has 0 radical (unpaired) electrons. The minimum Gasteiger partial charge on any atom is -0.311 e. The number of alkyl halides is 1. The van der Waals surface area contributed by atoms with Crippen molar-refractivity contribution in [1.82, 2.24) is 14.7 Å². The highest BCUT2D eigenvalue weighted by Gasteiger charge is 2.01. The van der Waals surface area contributed by atoms with Crippen LogP contribution in [0, 0.1) is 0 Å². The Bertz CT molecular complexity index is 469. The van der Waals surface area contributed by atoms with E-state index in [1.54, 1.807) is 0 Å². The van der Waals surface area contributed by atoms with Crippen molar-refractivity contribution < 1.29 is 4.39 Å². The zero-order chi connectivity index (χ0) is 11.4. The molecular formula is C11H13ClFN3. The number of nitrogens with zero attached hydrogens (tertiary/aromatic N) is 2. The Labute approximate surface area is 98.2 Å². The number of imidazole rings is 1. The fourth-order valence-corrected chi connectivity index (χ4v) is 1.68. The molecule has 0 saturated heterocycles. The van der Waals surface area contributed by atoms with Gasteiger partial charge in [-0.2, -0.15) is 0 Å². The van der Waals surface area contributed by atoms with Gasteiger partial charge in [-0.1, -0.05) is 11.6 Å². The maximum atomic E-state index is 11.9. The lowest BCUT2D eigenvalue weighted by molar-refractivity contribution is 0.458. The van der Waals surface area contributed by atoms with Crippen molar-refractivity contribution in [3.05, 3.63) is 35.2 Å². The van der Waals surface area contributed by atoms with Crippen molar-refractivity contribution in [3.8, 4) is 0 Å². The first-order chi connectivity index (χ1) is 7.79. The van der Waals surface area contributed by atoms with E-state index in [2.05, 4.69) is 10.3 Å². The fraction of sp³-hybridized carbons (Fsp3) is 0.364. The summed E-state index contributed by atoms with van der Waals surface area (Å²) >= 11 is 5.87. The van der Waals surface area contributed by atoms with Gasteiger partial charge >= 0.3 is 0 Å². The summed E-state index contributed by atoms with van der Waals surface area (Å²) < 4.78 is 13.7. The molecule has 2 aromatic heterocycles. The van der Waals surface area contributed by atoms with Crippen molar-refractivity contribution in [2.24, 2.45) is 0 Å². The van der Waals surface area contributed by atoms with Crippen LogP contribution in [0.2, 0.25) is 5.02 Å². The van der Waals surface area contributed by atoms with E-state index in [0.717, 1.165) is 11.3 Å². The Morgan fingerprint density at radius 2 is 2.25 bits per heavy atom. The van der Waals surface area contributed by atoms with Crippen molar-refractivity contribution in [2.45, 2.75) is 13.0 Å². The molecule has 0 bridgehead atoms. The summed E-state index contributed by atoms with van der Waals surface area (Å²) in [5, 5.41) is 3.81. The van der Waals surface area contributed by atoms with Crippen molar-refractivity contribution >= 4 is 17.2 Å². The predicted octanol–water partition coefficient (Wildman–Crippen LogP) is 2.44. The van der Waals surface area contributed by atoms with Gasteiger partial charge in [-0.25, -0.2) is 4.98 Å². The minimum absolute atomic E-state index is 0.284. The molecule has 0 aliphatic rings. The molecule has 1 N–H and O–H groups in total. The van der Waals surface area contributed by atoms with E-state index in [0.29, 0.717) is 24.5 Å². The second kappa shape index (κ2) is 5.27. The zero-order valence-corrected chi connectivity index (χ0v) is 9.54. The lowest BCUT2D eigenvalue weighted by Gasteiger charge is -1.98. The van der Waals surface area contributed by atoms with Gasteiger partial charge < -0.3 is 9.72 Å². The number of hydrogen-bond donors (Lipinski definition) is 1. The minimum atomic E-state index is -0.284. The quantitative estimate of drug-likeness (QED) is 0.815. The first-order valence-electron chi connectivity index (χ1n) is 5.19. The Hall–Kier alpha value is -1.13. The van der Waals surface area contributed by atoms with Crippen LogP contribution < -0.4 is 5.32 Å². The van der Waals surface area contributed by atoms with Gasteiger partial charge in [-0.05, 0) is 25.1 Å². The van der Waals surface area contributed by atoms with E-state index in [1.165, 1.54) is 0 Å². The van der Waals surface area contributed by atoms with E-state index < -0.39 is 0 Å². The molecular weight excluding hydrogens is 229 g/mol. The molecule has 0 saturated carbocycles. The summed E-state index contributed by atoms with van der Waals surface area (Å²) in [5.41, 5.74) is 1.80. The highest BCUT2D eigenvalue weighted by molar-refractivity contribution is 6.30. The van der Waals surface area contributed by atoms with Crippen LogP contribution >= 0.6 is 11.6 Å². The standard InChI is InChI=1S/C11H13ClFN3/c12-9-2-3-11-15-10(8-16(11)7-9)6-14-5-1-4-13/h2-3,7-8,14H,1,4-6H2. The summed E-state index contributed by atoms with van der Waals surface area (Å²) in [7, 11) is 0. The number of hydrogen-bond acceptors (Lipinski definition) is 2. The molecule has 0 spiro atoms. The maximum absolute atomic E-state index is 11.9. The van der Waals surface area contributed by atoms with Gasteiger partial charge in [0.25, 0.3) is 0 Å². The topological polar surface area (TPSA) is 29.3 Å². The highest BCUT2D eigenvalue weighted by Crippen LogP contribution is 2.11. The average Bonchev–Trinajstić information content (AvgIpc) is 2.66. The molecule has 0 aliphatic heterocycles. The molecule has 0 aromatic carbocycles. The van der Waals surface area contributed by atoms with Crippen LogP contribution in [0.15, 0.2) is 24.5 Å². The molecule has 0 unspecified atom stereocenters. The van der Waals surface area contributed by atoms with Gasteiger partial charge in [0.05, 0.1) is 17.4 Å². The molecule has 0 atom stereocenters. The smallest absolute Gasteiger partial charge is 0.137 e. The molecule has 0 amide bonds. The second-order valence-electron chi connectivity index (χ2n) is 3.56. The number of halogens is 2. The molecule has 0 fully saturated rings. The SMILES string of the molecule is FCCCNCc1cn2cc(Cl)ccc2n1. The number of nitrogens with one attached hydrogen (secondary N) is 1. The van der Waals surface area contributed by atoms with Gasteiger partial charge in [0.2, 0.25) is 0 Å². The molecule has 5 heteroatoms. The first-order valence-corrected chi connectivity index (χ1v) is 5.57. The molecule has 2 heterocycles. The van der Waals surface area contributed by atoms with Crippen LogP contribution in [0.3, 0.4) is 0 Å². The van der Waals surface area contributed by atoms with Gasteiger partial charge in [0.1, 0.15) is 5.65 Å². The Morgan fingerprint density at radius 1 is 1.38 bits per heavy atom. The van der Waals surface area contributed by atoms with Crippen LogP contribution in [0.1, 0.15) is 12.1 Å². The molecule has 3 nitrogen and oxygen atoms in total. The lowest BCUT2D eigenvalue weighted by Crippen LogP contribution is -2.15. The van der Waals surface area contributed by atoms with Crippen LogP contribution in [0.25, 0.3) is 5.65 Å². The summed E-state index contributed by atoms with van der Waals surface area (Å²) in [5.74, 6) is 0. The fourth-order valence-electron chi connectivity index (χ4n) is 1.51. The van der Waals surface area contributed by atoms with Crippen molar-refractivity contribution in [1.29, 1.82) is 0 Å². The first kappa shape index (κ1) is 11.4. The maximum Gasteiger partial charge on any atom is 0.137 e. The average molecular weight is 242 g/mol. The molecule has 16 heavy (non-hydrogen) atoms. The van der Waals surface area contributed by atoms with Crippen LogP contribution in [-0.2, 0) is 6.54 Å². The van der Waals surface area contributed by atoms with Crippen LogP contribution in [0.4, 0.5) is 4.39 Å². The van der Waals surface area contributed by atoms with Gasteiger partial charge in [-0.3, -0.25) is 4.39 Å². The Balaban J connectivity index is 2.02. The number of fused-ring (bicyclic) bond motifs is 1. The molecule has 2 rings (SSSR count). The lowest BCUT2D eigenvalue weighted by atomic mass is 10.4. The van der Waals surface area contributed by atoms with E-state index in [9.17, 15) is 4.39 Å². The zero-order valence-electron chi connectivity index (χ0n) is 8.79. The van der Waals surface area contributed by atoms with Crippen LogP contribution in [0.5, 0.6) is 0 Å². The Kier molecular flexibility index (Phi) is 3.74. The third-order valence-corrected chi connectivity index (χ3v) is 2.48. The second-order valence-corrected chi connectivity index (χ2v) is 4.00. The van der Waals surface area contributed by atoms with E-state index in [1.807, 2.05) is 28.9 Å². The summed E-state index contributed by atoms with van der Waals surface area (Å²) in [6.07, 6.45) is 4.28. The highest BCUT2D eigenvalue weighted by atomic mass is 35.5. The predicted molar refractivity (Wildman–Crippen MR) is 62.5 cm³/mol. The third kappa shape index (κ3) is 2.71. The van der Waals surface area contributed by atoms with E-state index in [4.69, 9.17) is 11.6 Å². The van der Waals surface area contributed by atoms with Gasteiger partial charge in [0, 0.05) is 18.9 Å². The molecule has 86 valence electrons. The molecule has 0 aliphatic carbocycles. The third-order valence-electron chi connectivity index (χ3n) is 2.26. The van der Waals surface area contributed by atoms with Gasteiger partial charge in [0.15, 0.2) is 0 Å². The largest absolute Gasteiger partial charge is 0.311 e. The van der Waals surface area contributed by atoms with Crippen LogP contribution in [-0.4, -0.2) is 22.6 Å². The number of aromatic nitrogens is 2.